The van der Waals surface area contributed by atoms with E-state index in [1.165, 1.54) is 122 Å². The van der Waals surface area contributed by atoms with Crippen LogP contribution >= 0.6 is 7.82 Å². The SMILES string of the molecule is CCCCCCCCCCCCCCCCCCCCCC(=O)OC(COC(=O)CCCCCCCCCC)COP(=O)(O)OC1C(O)C(O)C(O)C(O)C1O. The molecule has 0 aromatic carbocycles. The molecule has 0 aromatic heterocycles. The number of carbonyl (C=O) groups is 2. The first-order valence-electron chi connectivity index (χ1n) is 22.3. The van der Waals surface area contributed by atoms with Crippen LogP contribution in [0.3, 0.4) is 0 Å². The molecule has 0 radical (unpaired) electrons. The van der Waals surface area contributed by atoms with E-state index < -0.39 is 75.7 Å². The standard InChI is InChI=1S/C42H81O13P/c1-3-5-7-9-11-13-14-15-16-17-18-19-20-21-22-23-25-27-29-31-36(44)54-34(32-52-35(43)30-28-26-24-12-10-8-6-4-2)33-53-56(50,51)55-42-40(48)38(46)37(45)39(47)41(42)49/h34,37-42,45-49H,3-33H2,1-2H3,(H,50,51). The van der Waals surface area contributed by atoms with Crippen LogP contribution in [0.25, 0.3) is 0 Å². The van der Waals surface area contributed by atoms with Gasteiger partial charge < -0.3 is 39.9 Å². The molecule has 1 rings (SSSR count). The number of esters is 2. The minimum absolute atomic E-state index is 0.105. The number of ether oxygens (including phenoxy) is 2. The second kappa shape index (κ2) is 33.7. The van der Waals surface area contributed by atoms with E-state index in [1.54, 1.807) is 0 Å². The van der Waals surface area contributed by atoms with Gasteiger partial charge in [-0.1, -0.05) is 174 Å². The minimum atomic E-state index is -5.10. The van der Waals surface area contributed by atoms with E-state index in [0.717, 1.165) is 38.5 Å². The van der Waals surface area contributed by atoms with Gasteiger partial charge in [0.15, 0.2) is 6.10 Å². The van der Waals surface area contributed by atoms with Crippen LogP contribution in [0.15, 0.2) is 0 Å². The molecule has 6 N–H and O–H groups in total. The molecule has 1 aliphatic rings. The van der Waals surface area contributed by atoms with Crippen molar-refractivity contribution in [2.45, 2.75) is 243 Å². The average Bonchev–Trinajstić information content (AvgIpc) is 3.18. The summed E-state index contributed by atoms with van der Waals surface area (Å²) in [6.07, 6.45) is 19.0. The molecule has 0 heterocycles. The van der Waals surface area contributed by atoms with E-state index in [1.807, 2.05) is 0 Å². The lowest BCUT2D eigenvalue weighted by Crippen LogP contribution is -2.64. The minimum Gasteiger partial charge on any atom is -0.462 e. The summed E-state index contributed by atoms with van der Waals surface area (Å²) < 4.78 is 33.4. The lowest BCUT2D eigenvalue weighted by Gasteiger charge is -2.41. The number of unbranched alkanes of at least 4 members (excludes halogenated alkanes) is 25. The first-order chi connectivity index (χ1) is 26.9. The van der Waals surface area contributed by atoms with Gasteiger partial charge in [-0.25, -0.2) is 4.57 Å². The normalized spacial score (nSPS) is 22.8. The Morgan fingerprint density at radius 1 is 0.482 bits per heavy atom. The maximum absolute atomic E-state index is 12.8. The molecule has 6 atom stereocenters. The quantitative estimate of drug-likeness (QED) is 0.0199. The van der Waals surface area contributed by atoms with Gasteiger partial charge in [0.2, 0.25) is 0 Å². The van der Waals surface area contributed by atoms with Crippen molar-refractivity contribution in [2.24, 2.45) is 0 Å². The van der Waals surface area contributed by atoms with Crippen molar-refractivity contribution in [3.05, 3.63) is 0 Å². The monoisotopic (exact) mass is 825 g/mol. The highest BCUT2D eigenvalue weighted by Gasteiger charge is 2.51. The highest BCUT2D eigenvalue weighted by atomic mass is 31.2. The molecule has 332 valence electrons. The number of rotatable bonds is 37. The third-order valence-corrected chi connectivity index (χ3v) is 11.7. The number of hydrogen-bond donors (Lipinski definition) is 6. The van der Waals surface area contributed by atoms with Crippen LogP contribution in [-0.4, -0.2) is 98.3 Å². The largest absolute Gasteiger partial charge is 0.472 e. The first kappa shape index (κ1) is 52.9. The van der Waals surface area contributed by atoms with Crippen molar-refractivity contribution < 1.29 is 63.1 Å². The smallest absolute Gasteiger partial charge is 0.462 e. The van der Waals surface area contributed by atoms with Crippen LogP contribution in [-0.2, 0) is 32.7 Å². The van der Waals surface area contributed by atoms with Crippen molar-refractivity contribution in [3.63, 3.8) is 0 Å². The summed E-state index contributed by atoms with van der Waals surface area (Å²) in [6, 6.07) is 0. The third-order valence-electron chi connectivity index (χ3n) is 10.7. The first-order valence-corrected chi connectivity index (χ1v) is 23.8. The number of carbonyl (C=O) groups excluding carboxylic acids is 2. The topological polar surface area (TPSA) is 210 Å². The van der Waals surface area contributed by atoms with Gasteiger partial charge in [0.25, 0.3) is 0 Å². The van der Waals surface area contributed by atoms with E-state index in [0.29, 0.717) is 12.8 Å². The lowest BCUT2D eigenvalue weighted by molar-refractivity contribution is -0.220. The van der Waals surface area contributed by atoms with Crippen molar-refractivity contribution in [1.82, 2.24) is 0 Å². The number of aliphatic hydroxyl groups excluding tert-OH is 5. The zero-order chi connectivity index (χ0) is 41.4. The molecule has 0 amide bonds. The zero-order valence-electron chi connectivity index (χ0n) is 34.9. The molecule has 6 unspecified atom stereocenters. The molecular formula is C42H81O13P. The highest BCUT2D eigenvalue weighted by Crippen LogP contribution is 2.47. The lowest BCUT2D eigenvalue weighted by atomic mass is 9.85. The molecule has 0 saturated heterocycles. The predicted molar refractivity (Wildman–Crippen MR) is 217 cm³/mol. The van der Waals surface area contributed by atoms with E-state index >= 15 is 0 Å². The number of phosphoric ester groups is 1. The fraction of sp³-hybridized carbons (Fsp3) is 0.952. The maximum Gasteiger partial charge on any atom is 0.472 e. The zero-order valence-corrected chi connectivity index (χ0v) is 35.8. The van der Waals surface area contributed by atoms with E-state index in [4.69, 9.17) is 18.5 Å². The van der Waals surface area contributed by atoms with E-state index in [9.17, 15) is 44.6 Å². The molecule has 56 heavy (non-hydrogen) atoms. The van der Waals surface area contributed by atoms with Crippen molar-refractivity contribution >= 4 is 19.8 Å². The Bertz CT molecular complexity index is 1000. The Kier molecular flexibility index (Phi) is 31.8. The van der Waals surface area contributed by atoms with Gasteiger partial charge in [0, 0.05) is 12.8 Å². The summed E-state index contributed by atoms with van der Waals surface area (Å²) in [7, 11) is -5.10. The van der Waals surface area contributed by atoms with E-state index in [2.05, 4.69) is 13.8 Å². The number of phosphoric acid groups is 1. The van der Waals surface area contributed by atoms with Crippen LogP contribution in [0.1, 0.15) is 200 Å². The third kappa shape index (κ3) is 26.1. The summed E-state index contributed by atoms with van der Waals surface area (Å²) in [4.78, 5) is 35.5. The van der Waals surface area contributed by atoms with Gasteiger partial charge >= 0.3 is 19.8 Å². The van der Waals surface area contributed by atoms with Crippen molar-refractivity contribution in [1.29, 1.82) is 0 Å². The van der Waals surface area contributed by atoms with E-state index in [-0.39, 0.29) is 12.8 Å². The second-order valence-electron chi connectivity index (χ2n) is 15.9. The number of aliphatic hydroxyl groups is 5. The summed E-state index contributed by atoms with van der Waals surface area (Å²) in [5.74, 6) is -1.09. The predicted octanol–water partition coefficient (Wildman–Crippen LogP) is 8.11. The molecule has 0 aliphatic heterocycles. The Morgan fingerprint density at radius 2 is 0.804 bits per heavy atom. The van der Waals surface area contributed by atoms with Crippen molar-refractivity contribution in [3.8, 4) is 0 Å². The molecule has 0 spiro atoms. The Morgan fingerprint density at radius 3 is 1.18 bits per heavy atom. The van der Waals surface area contributed by atoms with Gasteiger partial charge in [-0.05, 0) is 12.8 Å². The highest BCUT2D eigenvalue weighted by molar-refractivity contribution is 7.47. The second-order valence-corrected chi connectivity index (χ2v) is 17.3. The Hall–Kier alpha value is -1.15. The molecule has 1 aliphatic carbocycles. The maximum atomic E-state index is 12.8. The molecule has 13 nitrogen and oxygen atoms in total. The fourth-order valence-corrected chi connectivity index (χ4v) is 8.03. The molecule has 0 bridgehead atoms. The molecule has 0 aromatic rings. The van der Waals surface area contributed by atoms with Gasteiger partial charge in [-0.15, -0.1) is 0 Å². The fourth-order valence-electron chi connectivity index (χ4n) is 7.05. The summed E-state index contributed by atoms with van der Waals surface area (Å²) in [6.45, 7) is 3.27. The molecule has 1 saturated carbocycles. The average molecular weight is 825 g/mol. The van der Waals surface area contributed by atoms with Crippen LogP contribution in [0.2, 0.25) is 0 Å². The van der Waals surface area contributed by atoms with Crippen LogP contribution in [0.4, 0.5) is 0 Å². The van der Waals surface area contributed by atoms with Crippen LogP contribution in [0.5, 0.6) is 0 Å². The van der Waals surface area contributed by atoms with Gasteiger partial charge in [0.1, 0.15) is 43.2 Å². The summed E-state index contributed by atoms with van der Waals surface area (Å²) >= 11 is 0. The van der Waals surface area contributed by atoms with Gasteiger partial charge in [0.05, 0.1) is 6.61 Å². The van der Waals surface area contributed by atoms with Gasteiger partial charge in [-0.2, -0.15) is 0 Å². The van der Waals surface area contributed by atoms with Crippen LogP contribution in [0, 0.1) is 0 Å². The summed E-state index contributed by atoms with van der Waals surface area (Å²) in [5, 5.41) is 50.0. The van der Waals surface area contributed by atoms with Gasteiger partial charge in [-0.3, -0.25) is 18.6 Å². The Labute approximate surface area is 338 Å². The van der Waals surface area contributed by atoms with Crippen molar-refractivity contribution in [2.75, 3.05) is 13.2 Å². The molecule has 14 heteroatoms. The van der Waals surface area contributed by atoms with Crippen LogP contribution < -0.4 is 0 Å². The molecular weight excluding hydrogens is 743 g/mol. The number of hydrogen-bond acceptors (Lipinski definition) is 12. The molecule has 1 fully saturated rings. The Balaban J connectivity index is 2.40. The summed E-state index contributed by atoms with van der Waals surface area (Å²) in [5.41, 5.74) is 0.